The number of aromatic nitrogens is 1. The Bertz CT molecular complexity index is 759. The second kappa shape index (κ2) is 6.12. The quantitative estimate of drug-likeness (QED) is 0.578. The molecule has 0 bridgehead atoms. The van der Waals surface area contributed by atoms with Gasteiger partial charge < -0.3 is 0 Å². The van der Waals surface area contributed by atoms with Gasteiger partial charge in [-0.1, -0.05) is 57.9 Å². The third-order valence-electron chi connectivity index (χ3n) is 3.41. The summed E-state index contributed by atoms with van der Waals surface area (Å²) in [7, 11) is 0. The lowest BCUT2D eigenvalue weighted by Gasteiger charge is -2.00. The van der Waals surface area contributed by atoms with Gasteiger partial charge in [0.25, 0.3) is 0 Å². The molecule has 0 spiro atoms. The van der Waals surface area contributed by atoms with E-state index in [1.165, 1.54) is 26.6 Å². The number of thiazole rings is 1. The summed E-state index contributed by atoms with van der Waals surface area (Å²) in [5, 5.41) is 1.17. The Morgan fingerprint density at radius 1 is 1.05 bits per heavy atom. The molecule has 1 nitrogen and oxygen atoms in total. The van der Waals surface area contributed by atoms with Gasteiger partial charge in [-0.3, -0.25) is 0 Å². The highest BCUT2D eigenvalue weighted by atomic mass is 79.9. The number of rotatable bonds is 3. The van der Waals surface area contributed by atoms with E-state index < -0.39 is 0 Å². The molecule has 21 heavy (non-hydrogen) atoms. The van der Waals surface area contributed by atoms with Gasteiger partial charge in [0.15, 0.2) is 0 Å². The lowest BCUT2D eigenvalue weighted by atomic mass is 10.1. The summed E-state index contributed by atoms with van der Waals surface area (Å²) in [6.45, 7) is 4.26. The molecule has 0 atom stereocenters. The first-order valence-electron chi connectivity index (χ1n) is 6.89. The van der Waals surface area contributed by atoms with Crippen molar-refractivity contribution in [2.24, 2.45) is 0 Å². The molecular weight excluding hydrogens is 342 g/mol. The maximum absolute atomic E-state index is 4.84. The van der Waals surface area contributed by atoms with Gasteiger partial charge in [-0.15, -0.1) is 11.3 Å². The Hall–Kier alpha value is -1.45. The molecule has 1 heterocycles. The van der Waals surface area contributed by atoms with Gasteiger partial charge in [0.2, 0.25) is 0 Å². The highest BCUT2D eigenvalue weighted by molar-refractivity contribution is 9.10. The number of nitrogens with zero attached hydrogens (tertiary/aromatic N) is 1. The van der Waals surface area contributed by atoms with Crippen molar-refractivity contribution in [2.45, 2.75) is 20.3 Å². The van der Waals surface area contributed by atoms with Crippen molar-refractivity contribution in [3.05, 3.63) is 74.0 Å². The molecular formula is C18H16BrNS. The highest BCUT2D eigenvalue weighted by Crippen LogP contribution is 2.30. The SMILES string of the molecule is Cc1ccc(Cc2nc(-c3cccc(Br)c3)c(C)s2)cc1. The van der Waals surface area contributed by atoms with Crippen molar-refractivity contribution in [1.29, 1.82) is 0 Å². The van der Waals surface area contributed by atoms with E-state index in [0.29, 0.717) is 0 Å². The molecule has 0 aliphatic heterocycles. The van der Waals surface area contributed by atoms with Crippen LogP contribution in [0.5, 0.6) is 0 Å². The van der Waals surface area contributed by atoms with Crippen LogP contribution < -0.4 is 0 Å². The van der Waals surface area contributed by atoms with Crippen molar-refractivity contribution < 1.29 is 0 Å². The number of hydrogen-bond donors (Lipinski definition) is 0. The molecule has 2 aromatic carbocycles. The zero-order chi connectivity index (χ0) is 14.8. The molecule has 0 saturated heterocycles. The molecule has 0 fully saturated rings. The minimum atomic E-state index is 0.903. The smallest absolute Gasteiger partial charge is 0.0979 e. The van der Waals surface area contributed by atoms with E-state index in [9.17, 15) is 0 Å². The number of aryl methyl sites for hydroxylation is 2. The highest BCUT2D eigenvalue weighted by Gasteiger charge is 2.10. The lowest BCUT2D eigenvalue weighted by Crippen LogP contribution is -1.88. The van der Waals surface area contributed by atoms with E-state index in [1.807, 2.05) is 6.07 Å². The molecule has 0 aliphatic carbocycles. The van der Waals surface area contributed by atoms with E-state index in [1.54, 1.807) is 11.3 Å². The van der Waals surface area contributed by atoms with E-state index in [2.05, 4.69) is 72.2 Å². The number of hydrogen-bond acceptors (Lipinski definition) is 2. The average molecular weight is 358 g/mol. The molecule has 0 amide bonds. The van der Waals surface area contributed by atoms with Crippen molar-refractivity contribution >= 4 is 27.3 Å². The number of halogens is 1. The number of benzene rings is 2. The predicted octanol–water partition coefficient (Wildman–Crippen LogP) is 5.78. The first kappa shape index (κ1) is 14.5. The molecule has 3 heteroatoms. The van der Waals surface area contributed by atoms with Crippen molar-refractivity contribution in [3.63, 3.8) is 0 Å². The minimum absolute atomic E-state index is 0.903. The fourth-order valence-corrected chi connectivity index (χ4v) is 3.70. The Balaban J connectivity index is 1.89. The van der Waals surface area contributed by atoms with E-state index in [0.717, 1.165) is 16.6 Å². The average Bonchev–Trinajstić information content (AvgIpc) is 2.82. The van der Waals surface area contributed by atoms with Crippen LogP contribution in [0.3, 0.4) is 0 Å². The Morgan fingerprint density at radius 2 is 1.81 bits per heavy atom. The molecule has 106 valence electrons. The normalized spacial score (nSPS) is 10.8. The Labute approximate surface area is 137 Å². The van der Waals surface area contributed by atoms with Crippen LogP contribution in [-0.4, -0.2) is 4.98 Å². The molecule has 0 unspecified atom stereocenters. The van der Waals surface area contributed by atoms with Gasteiger partial charge in [0, 0.05) is 21.3 Å². The second-order valence-electron chi connectivity index (χ2n) is 5.19. The van der Waals surface area contributed by atoms with Crippen LogP contribution in [-0.2, 0) is 6.42 Å². The maximum Gasteiger partial charge on any atom is 0.0979 e. The lowest BCUT2D eigenvalue weighted by molar-refractivity contribution is 1.13. The van der Waals surface area contributed by atoms with E-state index in [4.69, 9.17) is 4.98 Å². The summed E-state index contributed by atoms with van der Waals surface area (Å²) < 4.78 is 1.09. The molecule has 0 radical (unpaired) electrons. The van der Waals surface area contributed by atoms with Crippen LogP contribution >= 0.6 is 27.3 Å². The molecule has 3 rings (SSSR count). The van der Waals surface area contributed by atoms with Gasteiger partial charge in [-0.2, -0.15) is 0 Å². The fraction of sp³-hybridized carbons (Fsp3) is 0.167. The minimum Gasteiger partial charge on any atom is -0.241 e. The summed E-state index contributed by atoms with van der Waals surface area (Å²) in [4.78, 5) is 6.11. The van der Waals surface area contributed by atoms with Crippen LogP contribution in [0.25, 0.3) is 11.3 Å². The van der Waals surface area contributed by atoms with Gasteiger partial charge >= 0.3 is 0 Å². The molecule has 0 aliphatic rings. The Kier molecular flexibility index (Phi) is 4.22. The molecule has 0 N–H and O–H groups in total. The standard InChI is InChI=1S/C18H16BrNS/c1-12-6-8-14(9-7-12)10-17-20-18(13(2)21-17)15-4-3-5-16(19)11-15/h3-9,11H,10H2,1-2H3. The zero-order valence-corrected chi connectivity index (χ0v) is 14.5. The summed E-state index contributed by atoms with van der Waals surface area (Å²) >= 11 is 5.31. The first-order valence-corrected chi connectivity index (χ1v) is 8.50. The molecule has 3 aromatic rings. The van der Waals surface area contributed by atoms with Crippen LogP contribution in [0.4, 0.5) is 0 Å². The van der Waals surface area contributed by atoms with Crippen molar-refractivity contribution in [3.8, 4) is 11.3 Å². The molecule has 0 saturated carbocycles. The summed E-state index contributed by atoms with van der Waals surface area (Å²) in [6, 6.07) is 17.0. The second-order valence-corrected chi connectivity index (χ2v) is 7.39. The van der Waals surface area contributed by atoms with Crippen LogP contribution in [0.1, 0.15) is 21.0 Å². The topological polar surface area (TPSA) is 12.9 Å². The van der Waals surface area contributed by atoms with Crippen molar-refractivity contribution in [2.75, 3.05) is 0 Å². The third kappa shape index (κ3) is 3.42. The van der Waals surface area contributed by atoms with Gasteiger partial charge in [-0.05, 0) is 31.5 Å². The van der Waals surface area contributed by atoms with Gasteiger partial charge in [-0.25, -0.2) is 4.98 Å². The zero-order valence-electron chi connectivity index (χ0n) is 12.1. The van der Waals surface area contributed by atoms with Crippen molar-refractivity contribution in [1.82, 2.24) is 4.98 Å². The Morgan fingerprint density at radius 3 is 2.52 bits per heavy atom. The summed E-state index contributed by atoms with van der Waals surface area (Å²) in [6.07, 6.45) is 0.903. The summed E-state index contributed by atoms with van der Waals surface area (Å²) in [5.74, 6) is 0. The monoisotopic (exact) mass is 357 g/mol. The van der Waals surface area contributed by atoms with E-state index >= 15 is 0 Å². The first-order chi connectivity index (χ1) is 10.1. The fourth-order valence-electron chi connectivity index (χ4n) is 2.31. The van der Waals surface area contributed by atoms with E-state index in [-0.39, 0.29) is 0 Å². The van der Waals surface area contributed by atoms with Gasteiger partial charge in [0.05, 0.1) is 10.7 Å². The van der Waals surface area contributed by atoms with Gasteiger partial charge in [0.1, 0.15) is 0 Å². The summed E-state index contributed by atoms with van der Waals surface area (Å²) in [5.41, 5.74) is 4.88. The van der Waals surface area contributed by atoms with Crippen LogP contribution in [0.2, 0.25) is 0 Å². The third-order valence-corrected chi connectivity index (χ3v) is 4.88. The largest absolute Gasteiger partial charge is 0.241 e. The maximum atomic E-state index is 4.84. The predicted molar refractivity (Wildman–Crippen MR) is 94.0 cm³/mol. The van der Waals surface area contributed by atoms with Crippen LogP contribution in [0, 0.1) is 13.8 Å². The van der Waals surface area contributed by atoms with Crippen LogP contribution in [0.15, 0.2) is 53.0 Å². The molecule has 1 aromatic heterocycles.